The second kappa shape index (κ2) is 4.31. The number of hydrogen-bond acceptors (Lipinski definition) is 4. The minimum absolute atomic E-state index is 0.0444. The topological polar surface area (TPSA) is 69.6 Å². The number of hydrogen-bond donors (Lipinski definition) is 2. The molecule has 0 saturated carbocycles. The molecule has 0 saturated heterocycles. The van der Waals surface area contributed by atoms with Crippen molar-refractivity contribution in [3.63, 3.8) is 0 Å². The van der Waals surface area contributed by atoms with Gasteiger partial charge in [-0.3, -0.25) is 9.59 Å². The van der Waals surface area contributed by atoms with Gasteiger partial charge >= 0.3 is 0 Å². The summed E-state index contributed by atoms with van der Waals surface area (Å²) < 4.78 is 14.0. The molecule has 6 heteroatoms. The van der Waals surface area contributed by atoms with Gasteiger partial charge in [-0.15, -0.1) is 0 Å². The van der Waals surface area contributed by atoms with Crippen molar-refractivity contribution in [3.05, 3.63) is 23.5 Å². The fraction of sp³-hybridized carbons (Fsp3) is 0.385. The number of nitrogens with one attached hydrogen (secondary N) is 1. The van der Waals surface area contributed by atoms with E-state index >= 15 is 0 Å². The van der Waals surface area contributed by atoms with Crippen molar-refractivity contribution in [2.24, 2.45) is 0 Å². The van der Waals surface area contributed by atoms with Gasteiger partial charge in [0.25, 0.3) is 11.7 Å². The first-order valence-electron chi connectivity index (χ1n) is 5.82. The van der Waals surface area contributed by atoms with E-state index in [1.54, 1.807) is 20.9 Å². The number of carbonyl (C=O) groups is 2. The molecule has 0 aromatic heterocycles. The Bertz CT molecular complexity index is 564. The van der Waals surface area contributed by atoms with Crippen LogP contribution in [0.15, 0.2) is 12.1 Å². The van der Waals surface area contributed by atoms with Crippen molar-refractivity contribution in [3.8, 4) is 0 Å². The first kappa shape index (κ1) is 13.5. The van der Waals surface area contributed by atoms with Crippen LogP contribution in [0.25, 0.3) is 0 Å². The molecule has 1 aromatic carbocycles. The molecule has 1 heterocycles. The lowest BCUT2D eigenvalue weighted by atomic mass is 10.1. The molecule has 102 valence electrons. The van der Waals surface area contributed by atoms with Crippen LogP contribution in [-0.4, -0.2) is 36.0 Å². The zero-order valence-corrected chi connectivity index (χ0v) is 11.0. The van der Waals surface area contributed by atoms with Crippen molar-refractivity contribution in [1.29, 1.82) is 0 Å². The quantitative estimate of drug-likeness (QED) is 0.806. The van der Waals surface area contributed by atoms with Gasteiger partial charge in [0.2, 0.25) is 0 Å². The molecule has 1 amide bonds. The number of aliphatic hydroxyl groups is 1. The fourth-order valence-electron chi connectivity index (χ4n) is 2.11. The summed E-state index contributed by atoms with van der Waals surface area (Å²) in [5.74, 6) is -2.09. The Hall–Kier alpha value is -1.95. The third kappa shape index (κ3) is 2.58. The molecule has 1 aliphatic heterocycles. The van der Waals surface area contributed by atoms with Crippen LogP contribution < -0.4 is 10.2 Å². The smallest absolute Gasteiger partial charge is 0.296 e. The summed E-state index contributed by atoms with van der Waals surface area (Å²) in [6.07, 6.45) is 0. The molecule has 0 fully saturated rings. The number of anilines is 2. The predicted molar refractivity (Wildman–Crippen MR) is 68.9 cm³/mol. The van der Waals surface area contributed by atoms with Gasteiger partial charge in [-0.2, -0.15) is 0 Å². The molecular formula is C13H15FN2O3. The lowest BCUT2D eigenvalue weighted by molar-refractivity contribution is -0.112. The summed E-state index contributed by atoms with van der Waals surface area (Å²) in [6.45, 7) is 3.44. The van der Waals surface area contributed by atoms with Crippen molar-refractivity contribution in [2.75, 3.05) is 23.8 Å². The van der Waals surface area contributed by atoms with Crippen LogP contribution in [0.2, 0.25) is 0 Å². The molecule has 2 rings (SSSR count). The zero-order valence-electron chi connectivity index (χ0n) is 11.0. The van der Waals surface area contributed by atoms with Gasteiger partial charge in [0.05, 0.1) is 22.5 Å². The summed E-state index contributed by atoms with van der Waals surface area (Å²) in [5.41, 5.74) is -0.424. The molecule has 0 unspecified atom stereocenters. The van der Waals surface area contributed by atoms with E-state index in [2.05, 4.69) is 5.32 Å². The third-order valence-electron chi connectivity index (χ3n) is 2.82. The maximum Gasteiger partial charge on any atom is 0.296 e. The number of ketones is 1. The Balaban J connectivity index is 2.37. The molecule has 0 atom stereocenters. The van der Waals surface area contributed by atoms with Crippen LogP contribution in [-0.2, 0) is 4.79 Å². The Morgan fingerprint density at radius 1 is 1.37 bits per heavy atom. The van der Waals surface area contributed by atoms with E-state index in [1.807, 2.05) is 0 Å². The van der Waals surface area contributed by atoms with Gasteiger partial charge in [0.15, 0.2) is 0 Å². The molecule has 5 nitrogen and oxygen atoms in total. The highest BCUT2D eigenvalue weighted by Crippen LogP contribution is 2.31. The van der Waals surface area contributed by atoms with Gasteiger partial charge < -0.3 is 15.3 Å². The highest BCUT2D eigenvalue weighted by atomic mass is 19.1. The minimum atomic E-state index is -0.987. The summed E-state index contributed by atoms with van der Waals surface area (Å²) in [7, 11) is 1.63. The number of fused-ring (bicyclic) bond motifs is 1. The van der Waals surface area contributed by atoms with Crippen molar-refractivity contribution < 1.29 is 19.1 Å². The van der Waals surface area contributed by atoms with Gasteiger partial charge in [-0.1, -0.05) is 0 Å². The monoisotopic (exact) mass is 266 g/mol. The van der Waals surface area contributed by atoms with E-state index in [4.69, 9.17) is 0 Å². The summed E-state index contributed by atoms with van der Waals surface area (Å²) in [5, 5.41) is 12.1. The molecular weight excluding hydrogens is 251 g/mol. The largest absolute Gasteiger partial charge is 0.389 e. The second-order valence-corrected chi connectivity index (χ2v) is 5.30. The summed E-state index contributed by atoms with van der Waals surface area (Å²) in [6, 6.07) is 2.45. The second-order valence-electron chi connectivity index (χ2n) is 5.30. The van der Waals surface area contributed by atoms with Crippen LogP contribution in [0.5, 0.6) is 0 Å². The molecule has 0 bridgehead atoms. The van der Waals surface area contributed by atoms with E-state index in [9.17, 15) is 19.1 Å². The highest BCUT2D eigenvalue weighted by molar-refractivity contribution is 6.51. The third-order valence-corrected chi connectivity index (χ3v) is 2.82. The van der Waals surface area contributed by atoms with E-state index in [0.29, 0.717) is 5.69 Å². The van der Waals surface area contributed by atoms with Gasteiger partial charge in [-0.25, -0.2) is 4.39 Å². The number of benzene rings is 1. The SMILES string of the molecule is CN(CC(C)(C)O)c1cc2c(cc1F)C(=O)C(=O)N2. The summed E-state index contributed by atoms with van der Waals surface area (Å²) in [4.78, 5) is 24.2. The van der Waals surface area contributed by atoms with E-state index in [0.717, 1.165) is 6.07 Å². The maximum atomic E-state index is 14.0. The Kier molecular flexibility index (Phi) is 3.06. The number of nitrogens with zero attached hydrogens (tertiary/aromatic N) is 1. The van der Waals surface area contributed by atoms with E-state index in [1.165, 1.54) is 11.0 Å². The number of amides is 1. The van der Waals surface area contributed by atoms with Gasteiger partial charge in [-0.05, 0) is 26.0 Å². The molecule has 0 aliphatic carbocycles. The normalized spacial score (nSPS) is 14.4. The lowest BCUT2D eigenvalue weighted by Gasteiger charge is -2.27. The van der Waals surface area contributed by atoms with Crippen LogP contribution in [0.1, 0.15) is 24.2 Å². The lowest BCUT2D eigenvalue weighted by Crippen LogP contribution is -2.36. The van der Waals surface area contributed by atoms with E-state index in [-0.39, 0.29) is 17.8 Å². The van der Waals surface area contributed by atoms with Crippen LogP contribution in [0, 0.1) is 5.82 Å². The Morgan fingerprint density at radius 2 is 2.00 bits per heavy atom. The van der Waals surface area contributed by atoms with Crippen molar-refractivity contribution >= 4 is 23.1 Å². The number of halogens is 1. The molecule has 19 heavy (non-hydrogen) atoms. The molecule has 1 aliphatic rings. The first-order chi connectivity index (χ1) is 8.69. The van der Waals surface area contributed by atoms with Crippen molar-refractivity contribution in [1.82, 2.24) is 0 Å². The van der Waals surface area contributed by atoms with Crippen LogP contribution in [0.4, 0.5) is 15.8 Å². The molecule has 0 radical (unpaired) electrons. The average Bonchev–Trinajstić information content (AvgIpc) is 2.52. The summed E-state index contributed by atoms with van der Waals surface area (Å²) >= 11 is 0. The number of likely N-dealkylation sites (N-methyl/N-ethyl adjacent to an activating group) is 1. The van der Waals surface area contributed by atoms with Crippen molar-refractivity contribution in [2.45, 2.75) is 19.4 Å². The highest BCUT2D eigenvalue weighted by Gasteiger charge is 2.30. The van der Waals surface area contributed by atoms with Crippen LogP contribution in [0.3, 0.4) is 0 Å². The number of rotatable bonds is 3. The van der Waals surface area contributed by atoms with Gasteiger partial charge in [0.1, 0.15) is 5.82 Å². The average molecular weight is 266 g/mol. The predicted octanol–water partition coefficient (Wildman–Crippen LogP) is 1.17. The molecule has 2 N–H and O–H groups in total. The number of carbonyl (C=O) groups excluding carboxylic acids is 2. The maximum absolute atomic E-state index is 14.0. The van der Waals surface area contributed by atoms with E-state index < -0.39 is 23.1 Å². The van der Waals surface area contributed by atoms with Gasteiger partial charge in [0, 0.05) is 13.6 Å². The molecule has 0 spiro atoms. The minimum Gasteiger partial charge on any atom is -0.389 e. The first-order valence-corrected chi connectivity index (χ1v) is 5.82. The Morgan fingerprint density at radius 3 is 2.58 bits per heavy atom. The molecule has 1 aromatic rings. The Labute approximate surface area is 110 Å². The van der Waals surface area contributed by atoms with Crippen LogP contribution >= 0.6 is 0 Å². The zero-order chi connectivity index (χ0) is 14.4. The number of Topliss-reactive ketones (excluding diaryl/α,β-unsaturated/α-hetero) is 1. The standard InChI is InChI=1S/C13H15FN2O3/c1-13(2,19)6-16(3)10-5-9-7(4-8(10)14)11(17)12(18)15-9/h4-5,19H,6H2,1-3H3,(H,15,17,18). The fourth-order valence-corrected chi connectivity index (χ4v) is 2.11.